The van der Waals surface area contributed by atoms with E-state index in [1.807, 2.05) is 35.1 Å². The molecule has 2 heterocycles. The summed E-state index contributed by atoms with van der Waals surface area (Å²) in [6.45, 7) is 0.103. The number of amides is 3. The van der Waals surface area contributed by atoms with E-state index in [1.54, 1.807) is 24.3 Å². The molecule has 236 valence electrons. The molecule has 15 heteroatoms. The van der Waals surface area contributed by atoms with E-state index in [9.17, 15) is 32.7 Å². The van der Waals surface area contributed by atoms with Gasteiger partial charge < -0.3 is 30.5 Å². The molecule has 0 spiro atoms. The van der Waals surface area contributed by atoms with Crippen LogP contribution in [0, 0.1) is 0 Å². The first-order valence-corrected chi connectivity index (χ1v) is 15.2. The molecule has 14 nitrogen and oxygen atoms in total. The lowest BCUT2D eigenvalue weighted by Gasteiger charge is -2.16. The molecule has 0 aliphatic carbocycles. The topological polar surface area (TPSA) is 194 Å². The van der Waals surface area contributed by atoms with E-state index in [2.05, 4.69) is 16.0 Å². The Balaban J connectivity index is 1.27. The number of hydrogen-bond acceptors (Lipinski definition) is 8. The number of carboxylic acids is 1. The number of urea groups is 1. The van der Waals surface area contributed by atoms with Crippen molar-refractivity contribution in [1.29, 1.82) is 0 Å². The fourth-order valence-electron chi connectivity index (χ4n) is 3.98. The summed E-state index contributed by atoms with van der Waals surface area (Å²) < 4.78 is 39.1. The number of carbonyl (C=O) groups is 3. The summed E-state index contributed by atoms with van der Waals surface area (Å²) in [5.74, 6) is -1.14. The highest BCUT2D eigenvalue weighted by atomic mass is 32.2. The molecule has 0 aliphatic rings. The maximum atomic E-state index is 13.0. The lowest BCUT2D eigenvalue weighted by molar-refractivity contribution is -0.138. The Morgan fingerprint density at radius 2 is 1.58 bits per heavy atom. The van der Waals surface area contributed by atoms with E-state index in [0.717, 1.165) is 5.56 Å². The van der Waals surface area contributed by atoms with Crippen LogP contribution in [0.1, 0.15) is 12.0 Å². The van der Waals surface area contributed by atoms with E-state index < -0.39 is 46.3 Å². The molecule has 0 bridgehead atoms. The molecule has 0 unspecified atom stereocenters. The minimum absolute atomic E-state index is 0.114. The number of hydrogen-bond donors (Lipinski definition) is 5. The van der Waals surface area contributed by atoms with Crippen LogP contribution in [0.5, 0.6) is 5.75 Å². The van der Waals surface area contributed by atoms with Gasteiger partial charge in [-0.05, 0) is 48.4 Å². The maximum Gasteiger partial charge on any atom is 0.407 e. The van der Waals surface area contributed by atoms with E-state index in [0.29, 0.717) is 24.2 Å². The highest BCUT2D eigenvalue weighted by Gasteiger charge is 2.26. The Kier molecular flexibility index (Phi) is 11.1. The second-order valence-electron chi connectivity index (χ2n) is 9.56. The summed E-state index contributed by atoms with van der Waals surface area (Å²) in [7, 11) is -4.16. The summed E-state index contributed by atoms with van der Waals surface area (Å²) in [4.78, 5) is 48.9. The van der Waals surface area contributed by atoms with Crippen LogP contribution in [-0.4, -0.2) is 61.8 Å². The van der Waals surface area contributed by atoms with E-state index in [1.165, 1.54) is 40.9 Å². The molecule has 2 aromatic heterocycles. The Labute approximate surface area is 258 Å². The normalized spacial score (nSPS) is 11.7. The first kappa shape index (κ1) is 32.5. The van der Waals surface area contributed by atoms with Gasteiger partial charge in [0.05, 0.1) is 17.7 Å². The Hall–Kier alpha value is -5.41. The van der Waals surface area contributed by atoms with Gasteiger partial charge in [0.2, 0.25) is 10.0 Å². The first-order valence-electron chi connectivity index (χ1n) is 13.7. The highest BCUT2D eigenvalue weighted by Crippen LogP contribution is 2.14. The summed E-state index contributed by atoms with van der Waals surface area (Å²) in [5.41, 5.74) is 0.688. The number of pyridine rings is 2. The van der Waals surface area contributed by atoms with Crippen molar-refractivity contribution in [3.63, 3.8) is 0 Å². The number of nitrogens with zero attached hydrogens (tertiary/aromatic N) is 1. The number of rotatable bonds is 14. The fraction of sp³-hybridized carbons (Fsp3) is 0.200. The van der Waals surface area contributed by atoms with Crippen LogP contribution in [0.2, 0.25) is 0 Å². The van der Waals surface area contributed by atoms with Gasteiger partial charge in [-0.1, -0.05) is 48.5 Å². The van der Waals surface area contributed by atoms with Crippen molar-refractivity contribution in [3.05, 3.63) is 107 Å². The number of carbonyl (C=O) groups excluding carboxylic acids is 2. The summed E-state index contributed by atoms with van der Waals surface area (Å²) in [6.07, 6.45) is 1.36. The molecule has 0 radical (unpaired) electrons. The average molecular weight is 638 g/mol. The van der Waals surface area contributed by atoms with Gasteiger partial charge in [-0.15, -0.1) is 0 Å². The van der Waals surface area contributed by atoms with Crippen molar-refractivity contribution in [2.45, 2.75) is 24.0 Å². The molecule has 5 N–H and O–H groups in total. The fourth-order valence-corrected chi connectivity index (χ4v) is 5.19. The second-order valence-corrected chi connectivity index (χ2v) is 11.3. The third kappa shape index (κ3) is 9.54. The van der Waals surface area contributed by atoms with Crippen molar-refractivity contribution in [3.8, 4) is 5.75 Å². The SMILES string of the molecule is O=C(NC[C@H](NS(=O)(=O)c1ccccc1)C(=O)O)Nc1ccc2ccc(OCCCNC(=O)OCc3ccccc3)cn2c1=O. The maximum absolute atomic E-state index is 13.0. The van der Waals surface area contributed by atoms with Crippen molar-refractivity contribution in [1.82, 2.24) is 19.8 Å². The van der Waals surface area contributed by atoms with Crippen molar-refractivity contribution >= 4 is 39.3 Å². The Morgan fingerprint density at radius 3 is 2.29 bits per heavy atom. The number of sulfonamides is 1. The molecule has 0 saturated carbocycles. The molecule has 0 fully saturated rings. The van der Waals surface area contributed by atoms with E-state index in [4.69, 9.17) is 9.47 Å². The van der Waals surface area contributed by atoms with Crippen LogP contribution in [0.3, 0.4) is 0 Å². The number of aromatic nitrogens is 1. The van der Waals surface area contributed by atoms with Gasteiger partial charge in [0.1, 0.15) is 24.1 Å². The lowest BCUT2D eigenvalue weighted by atomic mass is 10.2. The molecule has 0 aliphatic heterocycles. The van der Waals surface area contributed by atoms with Gasteiger partial charge in [-0.25, -0.2) is 18.0 Å². The van der Waals surface area contributed by atoms with Crippen LogP contribution in [0.4, 0.5) is 15.3 Å². The van der Waals surface area contributed by atoms with Gasteiger partial charge in [-0.3, -0.25) is 14.0 Å². The van der Waals surface area contributed by atoms with Crippen LogP contribution in [0.15, 0.2) is 101 Å². The number of aliphatic carboxylic acids is 1. The first-order chi connectivity index (χ1) is 21.6. The largest absolute Gasteiger partial charge is 0.492 e. The molecule has 3 amide bonds. The predicted octanol–water partition coefficient (Wildman–Crippen LogP) is 2.55. The van der Waals surface area contributed by atoms with Gasteiger partial charge in [0.25, 0.3) is 5.56 Å². The minimum atomic E-state index is -4.16. The molecule has 45 heavy (non-hydrogen) atoms. The lowest BCUT2D eigenvalue weighted by Crippen LogP contribution is -2.49. The predicted molar refractivity (Wildman–Crippen MR) is 164 cm³/mol. The van der Waals surface area contributed by atoms with Crippen molar-refractivity contribution in [2.75, 3.05) is 25.0 Å². The molecule has 1 atom stereocenters. The van der Waals surface area contributed by atoms with Gasteiger partial charge in [0, 0.05) is 18.6 Å². The summed E-state index contributed by atoms with van der Waals surface area (Å²) in [6, 6.07) is 20.2. The summed E-state index contributed by atoms with van der Waals surface area (Å²) in [5, 5.41) is 16.7. The van der Waals surface area contributed by atoms with Crippen molar-refractivity contribution < 1.29 is 37.4 Å². The highest BCUT2D eigenvalue weighted by molar-refractivity contribution is 7.89. The quantitative estimate of drug-likeness (QED) is 0.129. The zero-order valence-electron chi connectivity index (χ0n) is 23.8. The van der Waals surface area contributed by atoms with Gasteiger partial charge >= 0.3 is 18.1 Å². The zero-order chi connectivity index (χ0) is 32.2. The third-order valence-corrected chi connectivity index (χ3v) is 7.75. The minimum Gasteiger partial charge on any atom is -0.492 e. The number of alkyl carbamates (subject to hydrolysis) is 1. The zero-order valence-corrected chi connectivity index (χ0v) is 24.7. The molecular formula is C30H31N5O9S. The average Bonchev–Trinajstić information content (AvgIpc) is 3.04. The molecule has 4 aromatic rings. The van der Waals surface area contributed by atoms with Crippen LogP contribution in [-0.2, 0) is 26.2 Å². The molecule has 2 aromatic carbocycles. The van der Waals surface area contributed by atoms with Crippen LogP contribution < -0.4 is 31.0 Å². The van der Waals surface area contributed by atoms with Crippen LogP contribution >= 0.6 is 0 Å². The number of benzene rings is 2. The number of carboxylic acid groups (broad SMARTS) is 1. The second kappa shape index (κ2) is 15.4. The van der Waals surface area contributed by atoms with Gasteiger partial charge in [-0.2, -0.15) is 4.72 Å². The van der Waals surface area contributed by atoms with E-state index >= 15 is 0 Å². The third-order valence-electron chi connectivity index (χ3n) is 6.26. The number of nitrogens with one attached hydrogen (secondary N) is 4. The van der Waals surface area contributed by atoms with Crippen LogP contribution in [0.25, 0.3) is 5.52 Å². The number of fused-ring (bicyclic) bond motifs is 1. The smallest absolute Gasteiger partial charge is 0.407 e. The Morgan fingerprint density at radius 1 is 0.889 bits per heavy atom. The summed E-state index contributed by atoms with van der Waals surface area (Å²) >= 11 is 0. The molecule has 4 rings (SSSR count). The molecular weight excluding hydrogens is 606 g/mol. The number of ether oxygens (including phenoxy) is 2. The molecule has 0 saturated heterocycles. The monoisotopic (exact) mass is 637 g/mol. The van der Waals surface area contributed by atoms with Crippen molar-refractivity contribution in [2.24, 2.45) is 0 Å². The number of anilines is 1. The van der Waals surface area contributed by atoms with Gasteiger partial charge in [0.15, 0.2) is 0 Å². The van der Waals surface area contributed by atoms with E-state index in [-0.39, 0.29) is 23.8 Å². The Bertz CT molecular complexity index is 1800. The standard InChI is InChI=1S/C30H31N5O9S/c36-27-25(33-29(39)32-18-26(28(37)38)34-45(41,42)24-10-5-2-6-11-24)15-13-22-12-14-23(19-35(22)27)43-17-7-16-31-30(40)44-20-21-8-3-1-4-9-21/h1-6,8-15,19,26,34H,7,16-18,20H2,(H,31,40)(H,37,38)(H2,32,33,39)/t26-/m0/s1.